The molecule has 0 bridgehead atoms. The minimum atomic E-state index is -0.265. The van der Waals surface area contributed by atoms with Crippen molar-refractivity contribution in [1.29, 1.82) is 0 Å². The van der Waals surface area contributed by atoms with Gasteiger partial charge in [0, 0.05) is 24.2 Å². The summed E-state index contributed by atoms with van der Waals surface area (Å²) in [5.41, 5.74) is 4.18. The molecule has 3 rings (SSSR count). The fourth-order valence-electron chi connectivity index (χ4n) is 2.93. The molecule has 0 unspecified atom stereocenters. The Balaban J connectivity index is 1.85. The highest BCUT2D eigenvalue weighted by molar-refractivity contribution is 6.05. The average molecular weight is 347 g/mol. The van der Waals surface area contributed by atoms with Crippen LogP contribution in [-0.2, 0) is 9.59 Å². The molecule has 1 N–H and O–H groups in total. The van der Waals surface area contributed by atoms with Crippen LogP contribution >= 0.6 is 0 Å². The SMILES string of the molecule is CC(=O)N(CC(=O)Nc1cccc2cccnc12)c1cccc(C)c1C. The summed E-state index contributed by atoms with van der Waals surface area (Å²) in [6, 6.07) is 15.1. The van der Waals surface area contributed by atoms with Crippen LogP contribution in [0.3, 0.4) is 0 Å². The Morgan fingerprint density at radius 1 is 1.04 bits per heavy atom. The molecule has 2 aromatic carbocycles. The van der Waals surface area contributed by atoms with E-state index in [9.17, 15) is 9.59 Å². The largest absolute Gasteiger partial charge is 0.323 e. The molecule has 0 radical (unpaired) electrons. The molecule has 0 spiro atoms. The average Bonchev–Trinajstić information content (AvgIpc) is 2.62. The lowest BCUT2D eigenvalue weighted by molar-refractivity contribution is -0.120. The maximum atomic E-state index is 12.6. The van der Waals surface area contributed by atoms with E-state index >= 15 is 0 Å². The lowest BCUT2D eigenvalue weighted by Crippen LogP contribution is -2.37. The van der Waals surface area contributed by atoms with Crippen LogP contribution in [0.15, 0.2) is 54.7 Å². The minimum absolute atomic E-state index is 0.0527. The second kappa shape index (κ2) is 7.35. The number of nitrogens with zero attached hydrogens (tertiary/aromatic N) is 2. The zero-order chi connectivity index (χ0) is 18.7. The van der Waals surface area contributed by atoms with Gasteiger partial charge in [0.2, 0.25) is 11.8 Å². The van der Waals surface area contributed by atoms with Gasteiger partial charge in [0.1, 0.15) is 6.54 Å². The molecule has 2 amide bonds. The Labute approximate surface area is 152 Å². The highest BCUT2D eigenvalue weighted by Gasteiger charge is 2.18. The molecule has 26 heavy (non-hydrogen) atoms. The van der Waals surface area contributed by atoms with Crippen molar-refractivity contribution in [2.75, 3.05) is 16.8 Å². The molecule has 0 atom stereocenters. The Kier molecular flexibility index (Phi) is 4.98. The van der Waals surface area contributed by atoms with E-state index in [0.717, 1.165) is 27.7 Å². The fourth-order valence-corrected chi connectivity index (χ4v) is 2.93. The number of benzene rings is 2. The molecule has 132 valence electrons. The van der Waals surface area contributed by atoms with E-state index < -0.39 is 0 Å². The normalized spacial score (nSPS) is 10.6. The van der Waals surface area contributed by atoms with Gasteiger partial charge in [0.15, 0.2) is 0 Å². The van der Waals surface area contributed by atoms with Crippen molar-refractivity contribution in [2.45, 2.75) is 20.8 Å². The van der Waals surface area contributed by atoms with Crippen LogP contribution in [0.1, 0.15) is 18.1 Å². The Bertz CT molecular complexity index is 977. The first kappa shape index (κ1) is 17.6. The molecule has 0 saturated heterocycles. The number of aromatic nitrogens is 1. The molecule has 0 aliphatic carbocycles. The van der Waals surface area contributed by atoms with Crippen LogP contribution in [0.4, 0.5) is 11.4 Å². The first-order chi connectivity index (χ1) is 12.5. The number of nitrogens with one attached hydrogen (secondary N) is 1. The summed E-state index contributed by atoms with van der Waals surface area (Å²) < 4.78 is 0. The maximum Gasteiger partial charge on any atom is 0.244 e. The van der Waals surface area contributed by atoms with Crippen LogP contribution < -0.4 is 10.2 Å². The van der Waals surface area contributed by atoms with E-state index in [1.54, 1.807) is 6.20 Å². The van der Waals surface area contributed by atoms with E-state index in [1.165, 1.54) is 11.8 Å². The first-order valence-electron chi connectivity index (χ1n) is 8.45. The number of aryl methyl sites for hydroxylation is 1. The Morgan fingerprint density at radius 3 is 2.54 bits per heavy atom. The van der Waals surface area contributed by atoms with Crippen LogP contribution in [0.5, 0.6) is 0 Å². The summed E-state index contributed by atoms with van der Waals surface area (Å²) in [5.74, 6) is -0.441. The molecule has 1 aromatic heterocycles. The molecule has 5 nitrogen and oxygen atoms in total. The molecular formula is C21H21N3O2. The fraction of sp³-hybridized carbons (Fsp3) is 0.190. The predicted molar refractivity (Wildman–Crippen MR) is 104 cm³/mol. The topological polar surface area (TPSA) is 62.3 Å². The third-order valence-corrected chi connectivity index (χ3v) is 4.46. The number of amides is 2. The summed E-state index contributed by atoms with van der Waals surface area (Å²) in [5, 5.41) is 3.83. The van der Waals surface area contributed by atoms with E-state index in [4.69, 9.17) is 0 Å². The van der Waals surface area contributed by atoms with Gasteiger partial charge >= 0.3 is 0 Å². The van der Waals surface area contributed by atoms with Crippen LogP contribution in [0, 0.1) is 13.8 Å². The van der Waals surface area contributed by atoms with Crippen molar-refractivity contribution in [3.05, 3.63) is 65.9 Å². The molecule has 0 aliphatic rings. The summed E-state index contributed by atoms with van der Waals surface area (Å²) in [6.07, 6.45) is 1.69. The number of rotatable bonds is 4. The van der Waals surface area contributed by atoms with Crippen LogP contribution in [0.25, 0.3) is 10.9 Å². The first-order valence-corrected chi connectivity index (χ1v) is 8.45. The molecule has 0 aliphatic heterocycles. The van der Waals surface area contributed by atoms with Gasteiger partial charge in [-0.05, 0) is 43.2 Å². The van der Waals surface area contributed by atoms with Gasteiger partial charge < -0.3 is 10.2 Å². The number of carbonyl (C=O) groups is 2. The van der Waals surface area contributed by atoms with Gasteiger partial charge in [-0.1, -0.05) is 30.3 Å². The van der Waals surface area contributed by atoms with Crippen LogP contribution in [-0.4, -0.2) is 23.3 Å². The number of para-hydroxylation sites is 1. The molecule has 1 heterocycles. The number of hydrogen-bond acceptors (Lipinski definition) is 3. The quantitative estimate of drug-likeness (QED) is 0.780. The maximum absolute atomic E-state index is 12.6. The van der Waals surface area contributed by atoms with E-state index in [1.807, 2.05) is 62.4 Å². The zero-order valence-electron chi connectivity index (χ0n) is 15.1. The number of anilines is 2. The summed E-state index contributed by atoms with van der Waals surface area (Å²) >= 11 is 0. The van der Waals surface area contributed by atoms with Crippen molar-refractivity contribution in [1.82, 2.24) is 4.98 Å². The summed E-state index contributed by atoms with van der Waals surface area (Å²) in [7, 11) is 0. The summed E-state index contributed by atoms with van der Waals surface area (Å²) in [6.45, 7) is 5.35. The lowest BCUT2D eigenvalue weighted by Gasteiger charge is -2.23. The summed E-state index contributed by atoms with van der Waals surface area (Å²) in [4.78, 5) is 30.6. The van der Waals surface area contributed by atoms with Crippen molar-refractivity contribution in [3.63, 3.8) is 0 Å². The van der Waals surface area contributed by atoms with Crippen molar-refractivity contribution in [3.8, 4) is 0 Å². The number of pyridine rings is 1. The van der Waals surface area contributed by atoms with E-state index in [-0.39, 0.29) is 18.4 Å². The van der Waals surface area contributed by atoms with Crippen molar-refractivity contribution in [2.24, 2.45) is 0 Å². The highest BCUT2D eigenvalue weighted by Crippen LogP contribution is 2.24. The van der Waals surface area contributed by atoms with E-state index in [0.29, 0.717) is 5.69 Å². The monoisotopic (exact) mass is 347 g/mol. The molecule has 0 saturated carbocycles. The number of carbonyl (C=O) groups excluding carboxylic acids is 2. The standard InChI is InChI=1S/C21H21N3O2/c1-14-7-4-11-19(15(14)2)24(16(3)25)13-20(26)23-18-10-5-8-17-9-6-12-22-21(17)18/h4-12H,13H2,1-3H3,(H,23,26). The smallest absolute Gasteiger partial charge is 0.244 e. The highest BCUT2D eigenvalue weighted by atomic mass is 16.2. The molecular weight excluding hydrogens is 326 g/mol. The van der Waals surface area contributed by atoms with Gasteiger partial charge in [0.05, 0.1) is 11.2 Å². The van der Waals surface area contributed by atoms with Gasteiger partial charge in [0.25, 0.3) is 0 Å². The molecule has 5 heteroatoms. The number of fused-ring (bicyclic) bond motifs is 1. The van der Waals surface area contributed by atoms with E-state index in [2.05, 4.69) is 10.3 Å². The van der Waals surface area contributed by atoms with Crippen LogP contribution in [0.2, 0.25) is 0 Å². The molecule has 3 aromatic rings. The van der Waals surface area contributed by atoms with Gasteiger partial charge in [-0.15, -0.1) is 0 Å². The predicted octanol–water partition coefficient (Wildman–Crippen LogP) is 3.84. The third kappa shape index (κ3) is 3.57. The van der Waals surface area contributed by atoms with Gasteiger partial charge in [-0.25, -0.2) is 0 Å². The van der Waals surface area contributed by atoms with Gasteiger partial charge in [-0.2, -0.15) is 0 Å². The third-order valence-electron chi connectivity index (χ3n) is 4.46. The van der Waals surface area contributed by atoms with Crippen molar-refractivity contribution < 1.29 is 9.59 Å². The number of hydrogen-bond donors (Lipinski definition) is 1. The minimum Gasteiger partial charge on any atom is -0.323 e. The Morgan fingerprint density at radius 2 is 1.77 bits per heavy atom. The second-order valence-corrected chi connectivity index (χ2v) is 6.25. The second-order valence-electron chi connectivity index (χ2n) is 6.25. The molecule has 0 fully saturated rings. The van der Waals surface area contributed by atoms with Gasteiger partial charge in [-0.3, -0.25) is 14.6 Å². The lowest BCUT2D eigenvalue weighted by atomic mass is 10.1. The zero-order valence-corrected chi connectivity index (χ0v) is 15.1. The Hall–Kier alpha value is -3.21. The van der Waals surface area contributed by atoms with Crippen molar-refractivity contribution >= 4 is 34.1 Å².